The molecule has 2 aliphatic carbocycles. The molecule has 2 heteroatoms. The van der Waals surface area contributed by atoms with Gasteiger partial charge in [0.05, 0.1) is 16.9 Å². The van der Waals surface area contributed by atoms with Crippen molar-refractivity contribution >= 4 is 34.8 Å². The predicted octanol–water partition coefficient (Wildman–Crippen LogP) is 9.98. The molecule has 0 amide bonds. The maximum Gasteiger partial charge on any atom is 0.0709 e. The molecule has 2 heterocycles. The van der Waals surface area contributed by atoms with Crippen LogP contribution in [0.2, 0.25) is 0 Å². The van der Waals surface area contributed by atoms with Crippen LogP contribution in [0.5, 0.6) is 0 Å². The maximum absolute atomic E-state index is 4.89. The van der Waals surface area contributed by atoms with Gasteiger partial charge in [-0.15, -0.1) is 0 Å². The normalized spacial score (nSPS) is 18.4. The van der Waals surface area contributed by atoms with E-state index < -0.39 is 0 Å². The first-order valence-electron chi connectivity index (χ1n) is 14.8. The summed E-state index contributed by atoms with van der Waals surface area (Å²) in [5, 5.41) is 1.17. The topological polar surface area (TPSA) is 25.2 Å². The largest absolute Gasteiger partial charge is 0.253 e. The van der Waals surface area contributed by atoms with Crippen LogP contribution < -0.4 is 0 Å². The summed E-state index contributed by atoms with van der Waals surface area (Å²) in [6.45, 7) is 4.66. The van der Waals surface area contributed by atoms with Gasteiger partial charge in [0, 0.05) is 22.4 Å². The molecule has 200 valence electrons. The van der Waals surface area contributed by atoms with Crippen molar-refractivity contribution in [2.45, 2.75) is 38.5 Å². The van der Waals surface area contributed by atoms with Crippen LogP contribution >= 0.6 is 0 Å². The van der Waals surface area contributed by atoms with Crippen LogP contribution in [-0.4, -0.2) is 10.7 Å². The number of hydrogen-bond acceptors (Lipinski definition) is 2. The van der Waals surface area contributed by atoms with Crippen molar-refractivity contribution in [1.82, 2.24) is 4.98 Å². The lowest BCUT2D eigenvalue weighted by molar-refractivity contribution is 0.490. The molecule has 3 aromatic carbocycles. The van der Waals surface area contributed by atoms with Crippen molar-refractivity contribution in [3.63, 3.8) is 0 Å². The summed E-state index contributed by atoms with van der Waals surface area (Å²) >= 11 is 0. The highest BCUT2D eigenvalue weighted by Gasteiger charge is 2.40. The zero-order chi connectivity index (χ0) is 27.8. The number of fused-ring (bicyclic) bond motifs is 5. The second-order valence-electron chi connectivity index (χ2n) is 11.2. The summed E-state index contributed by atoms with van der Waals surface area (Å²) in [5.41, 5.74) is 12.3. The molecular formula is C39H34N2. The van der Waals surface area contributed by atoms with Gasteiger partial charge in [-0.1, -0.05) is 111 Å². The number of para-hydroxylation sites is 1. The van der Waals surface area contributed by atoms with E-state index in [1.807, 2.05) is 6.07 Å². The summed E-state index contributed by atoms with van der Waals surface area (Å²) < 4.78 is 0. The highest BCUT2D eigenvalue weighted by molar-refractivity contribution is 6.00. The minimum atomic E-state index is 0.0103. The number of aliphatic imine (C=N–C) groups is 1. The Kier molecular flexibility index (Phi) is 6.47. The lowest BCUT2D eigenvalue weighted by Crippen LogP contribution is -2.23. The van der Waals surface area contributed by atoms with Crippen LogP contribution in [0.1, 0.15) is 61.1 Å². The molecule has 1 unspecified atom stereocenters. The Morgan fingerprint density at radius 3 is 2.27 bits per heavy atom. The van der Waals surface area contributed by atoms with E-state index in [4.69, 9.17) is 9.98 Å². The first-order chi connectivity index (χ1) is 20.2. The van der Waals surface area contributed by atoms with Crippen LogP contribution in [0, 0.1) is 5.92 Å². The predicted molar refractivity (Wildman–Crippen MR) is 175 cm³/mol. The molecule has 4 aromatic rings. The number of rotatable bonds is 6. The standard InChI is InChI=1S/C39H34N2/c1-3-39(4-2)35-25-27(13-19-31-21-17-29-9-5-7-11-37(29)40-31)15-23-33(35)34-24-16-28(26-36(34)39)14-20-32-22-18-30-10-6-8-12-38(30)41-32/h5-17,19-26,30H,3-4,18H2,1-2H3/b19-13+,20-14+. The molecule has 0 fully saturated rings. The average molecular weight is 531 g/mol. The molecule has 3 aliphatic rings. The van der Waals surface area contributed by atoms with Crippen LogP contribution in [-0.2, 0) is 5.41 Å². The summed E-state index contributed by atoms with van der Waals surface area (Å²) in [5.74, 6) is 0.425. The first-order valence-corrected chi connectivity index (χ1v) is 14.8. The smallest absolute Gasteiger partial charge is 0.0709 e. The van der Waals surface area contributed by atoms with Gasteiger partial charge in [-0.3, -0.25) is 4.99 Å². The number of hydrogen-bond donors (Lipinski definition) is 0. The third-order valence-electron chi connectivity index (χ3n) is 9.07. The van der Waals surface area contributed by atoms with Crippen molar-refractivity contribution in [3.05, 3.63) is 143 Å². The highest BCUT2D eigenvalue weighted by atomic mass is 14.8. The number of nitrogens with zero attached hydrogens (tertiary/aromatic N) is 2. The Labute approximate surface area is 242 Å². The van der Waals surface area contributed by atoms with Gasteiger partial charge in [0.15, 0.2) is 0 Å². The fraction of sp³-hybridized carbons (Fsp3) is 0.179. The first kappa shape index (κ1) is 25.4. The molecule has 0 bridgehead atoms. The van der Waals surface area contributed by atoms with Gasteiger partial charge in [-0.05, 0) is 83.0 Å². The number of pyridine rings is 1. The quantitative estimate of drug-likeness (QED) is 0.243. The van der Waals surface area contributed by atoms with E-state index in [0.29, 0.717) is 5.92 Å². The molecule has 41 heavy (non-hydrogen) atoms. The van der Waals surface area contributed by atoms with Crippen LogP contribution in [0.15, 0.2) is 120 Å². The number of benzene rings is 3. The van der Waals surface area contributed by atoms with Gasteiger partial charge in [-0.25, -0.2) is 4.98 Å². The summed E-state index contributed by atoms with van der Waals surface area (Å²) in [6, 6.07) is 26.5. The van der Waals surface area contributed by atoms with Crippen molar-refractivity contribution in [2.75, 3.05) is 0 Å². The van der Waals surface area contributed by atoms with Gasteiger partial charge in [0.1, 0.15) is 0 Å². The van der Waals surface area contributed by atoms with Crippen molar-refractivity contribution in [2.24, 2.45) is 10.9 Å². The van der Waals surface area contributed by atoms with E-state index in [-0.39, 0.29) is 5.41 Å². The molecular weight excluding hydrogens is 496 g/mol. The Morgan fingerprint density at radius 2 is 1.51 bits per heavy atom. The monoisotopic (exact) mass is 530 g/mol. The molecule has 0 spiro atoms. The summed E-state index contributed by atoms with van der Waals surface area (Å²) in [4.78, 5) is 9.72. The lowest BCUT2D eigenvalue weighted by atomic mass is 9.73. The molecule has 0 N–H and O–H groups in total. The van der Waals surface area contributed by atoms with E-state index >= 15 is 0 Å². The molecule has 0 radical (unpaired) electrons. The third kappa shape index (κ3) is 4.54. The van der Waals surface area contributed by atoms with E-state index in [1.165, 1.54) is 38.8 Å². The van der Waals surface area contributed by atoms with Gasteiger partial charge in [0.25, 0.3) is 0 Å². The molecule has 7 rings (SSSR count). The minimum Gasteiger partial charge on any atom is -0.253 e. The van der Waals surface area contributed by atoms with Crippen LogP contribution in [0.3, 0.4) is 0 Å². The van der Waals surface area contributed by atoms with E-state index in [0.717, 1.165) is 41.9 Å². The van der Waals surface area contributed by atoms with E-state index in [1.54, 1.807) is 0 Å². The van der Waals surface area contributed by atoms with Gasteiger partial charge >= 0.3 is 0 Å². The van der Waals surface area contributed by atoms with Gasteiger partial charge in [0.2, 0.25) is 0 Å². The second kappa shape index (κ2) is 10.4. The Balaban J connectivity index is 1.19. The van der Waals surface area contributed by atoms with Crippen LogP contribution in [0.4, 0.5) is 0 Å². The maximum atomic E-state index is 4.89. The molecule has 0 saturated carbocycles. The summed E-state index contributed by atoms with van der Waals surface area (Å²) in [6.07, 6.45) is 22.7. The van der Waals surface area contributed by atoms with E-state index in [9.17, 15) is 0 Å². The number of allylic oxidation sites excluding steroid dienone is 6. The highest BCUT2D eigenvalue weighted by Crippen LogP contribution is 2.53. The van der Waals surface area contributed by atoms with E-state index in [2.05, 4.69) is 135 Å². The fourth-order valence-electron chi connectivity index (χ4n) is 6.73. The Morgan fingerprint density at radius 1 is 0.780 bits per heavy atom. The molecule has 1 aromatic heterocycles. The lowest BCUT2D eigenvalue weighted by Gasteiger charge is -2.30. The molecule has 1 atom stereocenters. The number of aromatic nitrogens is 1. The van der Waals surface area contributed by atoms with Gasteiger partial charge in [-0.2, -0.15) is 0 Å². The molecule has 1 aliphatic heterocycles. The molecule has 0 saturated heterocycles. The SMILES string of the molecule is CCC1(CC)c2cc(/C=C/C3=CCC4C=CC=CC4=N3)ccc2-c2ccc(/C=C/c3ccc4ccccc4n3)cc21. The summed E-state index contributed by atoms with van der Waals surface area (Å²) in [7, 11) is 0. The fourth-order valence-corrected chi connectivity index (χ4v) is 6.73. The Hall–Kier alpha value is -4.56. The second-order valence-corrected chi connectivity index (χ2v) is 11.2. The zero-order valence-electron chi connectivity index (χ0n) is 23.7. The zero-order valence-corrected chi connectivity index (χ0v) is 23.7. The average Bonchev–Trinajstić information content (AvgIpc) is 3.31. The minimum absolute atomic E-state index is 0.0103. The third-order valence-corrected chi connectivity index (χ3v) is 9.07. The van der Waals surface area contributed by atoms with Crippen molar-refractivity contribution in [1.29, 1.82) is 0 Å². The van der Waals surface area contributed by atoms with Crippen molar-refractivity contribution < 1.29 is 0 Å². The van der Waals surface area contributed by atoms with Gasteiger partial charge < -0.3 is 0 Å². The molecule has 2 nitrogen and oxygen atoms in total. The Bertz CT molecular complexity index is 1840. The van der Waals surface area contributed by atoms with Crippen molar-refractivity contribution in [3.8, 4) is 11.1 Å². The van der Waals surface area contributed by atoms with Crippen LogP contribution in [0.25, 0.3) is 40.3 Å².